The Hall–Kier alpha value is -2.33. The van der Waals surface area contributed by atoms with E-state index in [2.05, 4.69) is 50.5 Å². The summed E-state index contributed by atoms with van der Waals surface area (Å²) in [7, 11) is 5.08. The summed E-state index contributed by atoms with van der Waals surface area (Å²) in [6, 6.07) is 15.9. The molecule has 0 fully saturated rings. The predicted octanol–water partition coefficient (Wildman–Crippen LogP) is 2.63. The van der Waals surface area contributed by atoms with E-state index in [-0.39, 0.29) is 29.9 Å². The van der Waals surface area contributed by atoms with Gasteiger partial charge in [0.25, 0.3) is 5.91 Å². The standard InChI is InChI=1S/C22H31N5O2.HI/c1-23-21(28)19-6-4-5-17(15-19)11-12-26-22(24-2)27-16-18-7-9-20(10-8-18)25-13-14-29-3;/h4-10,15,25H,11-14,16H2,1-3H3,(H,23,28)(H2,24,26,27);1H. The summed E-state index contributed by atoms with van der Waals surface area (Å²) < 4.78 is 5.04. The van der Waals surface area contributed by atoms with Crippen molar-refractivity contribution in [1.29, 1.82) is 0 Å². The Kier molecular flexibility index (Phi) is 12.5. The number of carbonyl (C=O) groups is 1. The molecular formula is C22H32IN5O2. The third kappa shape index (κ3) is 9.00. The average Bonchev–Trinajstić information content (AvgIpc) is 2.76. The highest BCUT2D eigenvalue weighted by Crippen LogP contribution is 2.09. The number of guanidine groups is 1. The van der Waals surface area contributed by atoms with Gasteiger partial charge in [-0.2, -0.15) is 0 Å². The van der Waals surface area contributed by atoms with Gasteiger partial charge in [-0.05, 0) is 41.8 Å². The monoisotopic (exact) mass is 525 g/mol. The highest BCUT2D eigenvalue weighted by atomic mass is 127. The maximum atomic E-state index is 11.7. The first-order chi connectivity index (χ1) is 14.2. The molecule has 0 aliphatic rings. The Morgan fingerprint density at radius 3 is 2.47 bits per heavy atom. The third-order valence-corrected chi connectivity index (χ3v) is 4.40. The number of nitrogens with zero attached hydrogens (tertiary/aromatic N) is 1. The van der Waals surface area contributed by atoms with Gasteiger partial charge in [-0.1, -0.05) is 24.3 Å². The molecule has 0 saturated carbocycles. The van der Waals surface area contributed by atoms with Gasteiger partial charge in [0.1, 0.15) is 0 Å². The molecule has 0 bridgehead atoms. The van der Waals surface area contributed by atoms with Gasteiger partial charge in [0.15, 0.2) is 5.96 Å². The van der Waals surface area contributed by atoms with Crippen molar-refractivity contribution >= 4 is 41.5 Å². The van der Waals surface area contributed by atoms with Gasteiger partial charge in [-0.15, -0.1) is 24.0 Å². The number of halogens is 1. The van der Waals surface area contributed by atoms with Crippen LogP contribution in [0.5, 0.6) is 0 Å². The second-order valence-corrected chi connectivity index (χ2v) is 6.50. The highest BCUT2D eigenvalue weighted by Gasteiger charge is 2.04. The van der Waals surface area contributed by atoms with E-state index in [1.165, 1.54) is 5.56 Å². The number of benzene rings is 2. The first-order valence-electron chi connectivity index (χ1n) is 9.73. The lowest BCUT2D eigenvalue weighted by molar-refractivity contribution is 0.0963. The Bertz CT molecular complexity index is 796. The number of nitrogens with one attached hydrogen (secondary N) is 4. The van der Waals surface area contributed by atoms with Crippen molar-refractivity contribution < 1.29 is 9.53 Å². The number of anilines is 1. The summed E-state index contributed by atoms with van der Waals surface area (Å²) >= 11 is 0. The van der Waals surface area contributed by atoms with Gasteiger partial charge in [-0.25, -0.2) is 0 Å². The summed E-state index contributed by atoms with van der Waals surface area (Å²) in [5, 5.41) is 12.6. The largest absolute Gasteiger partial charge is 0.383 e. The lowest BCUT2D eigenvalue weighted by atomic mass is 10.1. The number of ether oxygens (including phenoxy) is 1. The van der Waals surface area contributed by atoms with Gasteiger partial charge in [0.2, 0.25) is 0 Å². The third-order valence-electron chi connectivity index (χ3n) is 4.40. The van der Waals surface area contributed by atoms with E-state index in [1.54, 1.807) is 21.2 Å². The molecule has 0 radical (unpaired) electrons. The van der Waals surface area contributed by atoms with E-state index in [9.17, 15) is 4.79 Å². The topological polar surface area (TPSA) is 86.8 Å². The van der Waals surface area contributed by atoms with Crippen LogP contribution in [0.15, 0.2) is 53.5 Å². The average molecular weight is 525 g/mol. The molecule has 1 amide bonds. The van der Waals surface area contributed by atoms with Gasteiger partial charge < -0.3 is 26.0 Å². The quantitative estimate of drug-likeness (QED) is 0.166. The number of rotatable bonds is 10. The highest BCUT2D eigenvalue weighted by molar-refractivity contribution is 14.0. The molecule has 0 aromatic heterocycles. The van der Waals surface area contributed by atoms with Gasteiger partial charge in [0, 0.05) is 52.1 Å². The summed E-state index contributed by atoms with van der Waals surface area (Å²) in [6.07, 6.45) is 0.799. The van der Waals surface area contributed by atoms with Gasteiger partial charge in [0.05, 0.1) is 6.61 Å². The lowest BCUT2D eigenvalue weighted by Gasteiger charge is -2.13. The Morgan fingerprint density at radius 2 is 1.80 bits per heavy atom. The molecule has 2 aromatic rings. The molecule has 0 aliphatic heterocycles. The predicted molar refractivity (Wildman–Crippen MR) is 134 cm³/mol. The van der Waals surface area contributed by atoms with Crippen LogP contribution in [0.25, 0.3) is 0 Å². The lowest BCUT2D eigenvalue weighted by Crippen LogP contribution is -2.37. The normalized spacial score (nSPS) is 10.7. The molecule has 0 spiro atoms. The van der Waals surface area contributed by atoms with Crippen LogP contribution in [0.2, 0.25) is 0 Å². The molecule has 0 aliphatic carbocycles. The van der Waals surface area contributed by atoms with Crippen LogP contribution in [0, 0.1) is 0 Å². The number of carbonyl (C=O) groups excluding carboxylic acids is 1. The van der Waals surface area contributed by atoms with Crippen LogP contribution in [0.4, 0.5) is 5.69 Å². The Labute approximate surface area is 196 Å². The van der Waals surface area contributed by atoms with E-state index in [4.69, 9.17) is 4.74 Å². The summed E-state index contributed by atoms with van der Waals surface area (Å²) in [4.78, 5) is 16.0. The van der Waals surface area contributed by atoms with E-state index >= 15 is 0 Å². The fraction of sp³-hybridized carbons (Fsp3) is 0.364. The molecule has 7 nitrogen and oxygen atoms in total. The molecular weight excluding hydrogens is 493 g/mol. The van der Waals surface area contributed by atoms with Gasteiger partial charge in [-0.3, -0.25) is 9.79 Å². The molecule has 4 N–H and O–H groups in total. The summed E-state index contributed by atoms with van der Waals surface area (Å²) in [5.74, 6) is 0.673. The number of aliphatic imine (C=N–C) groups is 1. The first-order valence-corrected chi connectivity index (χ1v) is 9.73. The maximum absolute atomic E-state index is 11.7. The smallest absolute Gasteiger partial charge is 0.251 e. The second kappa shape index (κ2) is 14.6. The van der Waals surface area contributed by atoms with E-state index < -0.39 is 0 Å². The van der Waals surface area contributed by atoms with Crippen LogP contribution in [0.1, 0.15) is 21.5 Å². The molecule has 0 saturated heterocycles. The molecule has 0 atom stereocenters. The number of amides is 1. The number of hydrogen-bond donors (Lipinski definition) is 4. The van der Waals surface area contributed by atoms with Crippen LogP contribution in [0.3, 0.4) is 0 Å². The molecule has 2 rings (SSSR count). The fourth-order valence-corrected chi connectivity index (χ4v) is 2.78. The van der Waals surface area contributed by atoms with Crippen LogP contribution >= 0.6 is 24.0 Å². The minimum absolute atomic E-state index is 0. The fourth-order valence-electron chi connectivity index (χ4n) is 2.78. The number of hydrogen-bond acceptors (Lipinski definition) is 4. The molecule has 2 aromatic carbocycles. The molecule has 164 valence electrons. The second-order valence-electron chi connectivity index (χ2n) is 6.50. The summed E-state index contributed by atoms with van der Waals surface area (Å²) in [5.41, 5.74) is 4.02. The van der Waals surface area contributed by atoms with Crippen LogP contribution in [-0.2, 0) is 17.7 Å². The van der Waals surface area contributed by atoms with E-state index in [0.717, 1.165) is 36.7 Å². The van der Waals surface area contributed by atoms with Gasteiger partial charge >= 0.3 is 0 Å². The SMILES string of the molecule is CN=C(NCCc1cccc(C(=O)NC)c1)NCc1ccc(NCCOC)cc1.I. The first kappa shape index (κ1) is 25.7. The zero-order valence-electron chi connectivity index (χ0n) is 17.8. The maximum Gasteiger partial charge on any atom is 0.251 e. The van der Waals surface area contributed by atoms with Crippen molar-refractivity contribution in [3.8, 4) is 0 Å². The molecule has 0 unspecified atom stereocenters. The minimum atomic E-state index is -0.0720. The van der Waals surface area contributed by atoms with Crippen molar-refractivity contribution in [1.82, 2.24) is 16.0 Å². The van der Waals surface area contributed by atoms with E-state index in [0.29, 0.717) is 18.7 Å². The minimum Gasteiger partial charge on any atom is -0.383 e. The van der Waals surface area contributed by atoms with Crippen molar-refractivity contribution in [2.45, 2.75) is 13.0 Å². The van der Waals surface area contributed by atoms with E-state index in [1.807, 2.05) is 24.3 Å². The summed E-state index contributed by atoms with van der Waals surface area (Å²) in [6.45, 7) is 2.88. The zero-order chi connectivity index (χ0) is 20.9. The van der Waals surface area contributed by atoms with Crippen molar-refractivity contribution in [3.63, 3.8) is 0 Å². The number of methoxy groups -OCH3 is 1. The van der Waals surface area contributed by atoms with Crippen LogP contribution < -0.4 is 21.3 Å². The van der Waals surface area contributed by atoms with Crippen molar-refractivity contribution in [2.75, 3.05) is 46.2 Å². The van der Waals surface area contributed by atoms with Crippen molar-refractivity contribution in [3.05, 3.63) is 65.2 Å². The molecule has 30 heavy (non-hydrogen) atoms. The molecule has 0 heterocycles. The van der Waals surface area contributed by atoms with Crippen LogP contribution in [-0.4, -0.2) is 52.8 Å². The van der Waals surface area contributed by atoms with Crippen molar-refractivity contribution in [2.24, 2.45) is 4.99 Å². The zero-order valence-corrected chi connectivity index (χ0v) is 20.2. The Morgan fingerprint density at radius 1 is 1.03 bits per heavy atom. The Balaban J connectivity index is 0.00000450. The molecule has 8 heteroatoms.